The van der Waals surface area contributed by atoms with Gasteiger partial charge in [0, 0.05) is 17.2 Å². The Kier molecular flexibility index (Phi) is 6.12. The van der Waals surface area contributed by atoms with Crippen LogP contribution in [0.25, 0.3) is 11.0 Å². The lowest BCUT2D eigenvalue weighted by Gasteiger charge is -2.33. The van der Waals surface area contributed by atoms with Gasteiger partial charge in [0.05, 0.1) is 5.39 Å². The molecule has 1 aromatic heterocycles. The first-order valence-electron chi connectivity index (χ1n) is 11.6. The molecule has 0 unspecified atom stereocenters. The molecule has 1 amide bonds. The molecule has 2 heterocycles. The van der Waals surface area contributed by atoms with Crippen molar-refractivity contribution < 1.29 is 28.6 Å². The molecule has 1 atom stereocenters. The quantitative estimate of drug-likeness (QED) is 0.639. The van der Waals surface area contributed by atoms with Crippen LogP contribution < -0.4 is 20.4 Å². The monoisotopic (exact) mass is 457 g/mol. The van der Waals surface area contributed by atoms with Crippen LogP contribution in [-0.4, -0.2) is 35.2 Å². The normalized spacial score (nSPS) is 17.6. The van der Waals surface area contributed by atoms with Gasteiger partial charge in [-0.15, -0.1) is 0 Å². The maximum Gasteiger partial charge on any atom is 0.339 e. The minimum atomic E-state index is -1.09. The van der Waals surface area contributed by atoms with Gasteiger partial charge < -0.3 is 24.3 Å². The molecule has 1 aliphatic heterocycles. The zero-order chi connectivity index (χ0) is 23.9. The van der Waals surface area contributed by atoms with Gasteiger partial charge in [-0.1, -0.05) is 13.8 Å². The molecule has 0 radical (unpaired) electrons. The number of ether oxygens (including phenoxy) is 2. The smallest absolute Gasteiger partial charge is 0.339 e. The van der Waals surface area contributed by atoms with E-state index in [2.05, 4.69) is 5.32 Å². The first kappa shape index (κ1) is 23.1. The first-order valence-corrected chi connectivity index (χ1v) is 11.6. The highest BCUT2D eigenvalue weighted by Gasteiger charge is 2.32. The van der Waals surface area contributed by atoms with Crippen molar-refractivity contribution in [1.82, 2.24) is 5.32 Å². The number of hydrogen-bond acceptors (Lipinski definition) is 6. The van der Waals surface area contributed by atoms with Gasteiger partial charge in [0.2, 0.25) is 0 Å². The number of hydrogen-bond donors (Lipinski definition) is 2. The Morgan fingerprint density at radius 1 is 1.15 bits per heavy atom. The number of nitrogens with one attached hydrogen (secondary N) is 1. The summed E-state index contributed by atoms with van der Waals surface area (Å²) in [4.78, 5) is 36.7. The number of benzene rings is 1. The van der Waals surface area contributed by atoms with Crippen LogP contribution in [-0.2, 0) is 28.9 Å². The van der Waals surface area contributed by atoms with Crippen molar-refractivity contribution in [3.05, 3.63) is 33.2 Å². The summed E-state index contributed by atoms with van der Waals surface area (Å²) in [5.41, 5.74) is 2.20. The molecule has 4 rings (SSSR count). The fourth-order valence-electron chi connectivity index (χ4n) is 4.70. The summed E-state index contributed by atoms with van der Waals surface area (Å²) >= 11 is 0. The molecule has 1 aromatic carbocycles. The molecule has 2 N–H and O–H groups in total. The molecule has 1 aliphatic carbocycles. The number of aryl methyl sites for hydroxylation is 2. The lowest BCUT2D eigenvalue weighted by atomic mass is 9.87. The number of carboxylic acids is 1. The van der Waals surface area contributed by atoms with E-state index >= 15 is 0 Å². The Bertz CT molecular complexity index is 1160. The number of carbonyl (C=O) groups excluding carboxylic acids is 1. The molecular weight excluding hydrogens is 426 g/mol. The van der Waals surface area contributed by atoms with Crippen LogP contribution in [0.5, 0.6) is 11.5 Å². The van der Waals surface area contributed by atoms with Gasteiger partial charge in [0.15, 0.2) is 6.61 Å². The van der Waals surface area contributed by atoms with E-state index in [1.165, 1.54) is 0 Å². The lowest BCUT2D eigenvalue weighted by Crippen LogP contribution is -2.46. The molecule has 8 nitrogen and oxygen atoms in total. The van der Waals surface area contributed by atoms with Crippen LogP contribution in [0.1, 0.15) is 63.6 Å². The largest absolute Gasteiger partial charge is 0.487 e. The molecule has 0 saturated carbocycles. The van der Waals surface area contributed by atoms with Crippen LogP contribution in [0.4, 0.5) is 0 Å². The number of fused-ring (bicyclic) bond motifs is 5. The van der Waals surface area contributed by atoms with Crippen molar-refractivity contribution in [3.8, 4) is 11.5 Å². The van der Waals surface area contributed by atoms with Gasteiger partial charge in [-0.2, -0.15) is 0 Å². The third-order valence-corrected chi connectivity index (χ3v) is 6.49. The van der Waals surface area contributed by atoms with Crippen molar-refractivity contribution in [2.75, 3.05) is 6.61 Å². The van der Waals surface area contributed by atoms with Crippen molar-refractivity contribution in [3.63, 3.8) is 0 Å². The number of carbonyl (C=O) groups is 2. The van der Waals surface area contributed by atoms with Gasteiger partial charge in [-0.3, -0.25) is 4.79 Å². The molecule has 33 heavy (non-hydrogen) atoms. The van der Waals surface area contributed by atoms with E-state index in [0.717, 1.165) is 42.2 Å². The molecule has 0 fully saturated rings. The summed E-state index contributed by atoms with van der Waals surface area (Å²) < 4.78 is 17.9. The number of carboxylic acid groups (broad SMARTS) is 1. The molecule has 0 bridgehead atoms. The average Bonchev–Trinajstić information content (AvgIpc) is 2.74. The van der Waals surface area contributed by atoms with Crippen molar-refractivity contribution in [1.29, 1.82) is 0 Å². The standard InChI is InChI=1S/C25H31NO7/c1-13(2)21(23(28)29)26-19(27)12-31-18-11-17-16(9-10-25(3,4)33-17)22-20(18)14-7-5-6-8-15(14)24(30)32-22/h11,13,21H,5-10,12H2,1-4H3,(H,26,27)(H,28,29)/t21-/m0/s1. The Hall–Kier alpha value is -3.03. The predicted molar refractivity (Wildman–Crippen MR) is 122 cm³/mol. The van der Waals surface area contributed by atoms with E-state index < -0.39 is 17.9 Å². The summed E-state index contributed by atoms with van der Waals surface area (Å²) in [5, 5.41) is 12.6. The second-order valence-corrected chi connectivity index (χ2v) is 9.89. The van der Waals surface area contributed by atoms with Crippen LogP contribution in [0.2, 0.25) is 0 Å². The van der Waals surface area contributed by atoms with Crippen LogP contribution >= 0.6 is 0 Å². The summed E-state index contributed by atoms with van der Waals surface area (Å²) in [6, 6.07) is 0.772. The topological polar surface area (TPSA) is 115 Å². The number of amides is 1. The average molecular weight is 458 g/mol. The summed E-state index contributed by atoms with van der Waals surface area (Å²) in [6.45, 7) is 7.08. The number of rotatable bonds is 6. The Balaban J connectivity index is 1.74. The minimum Gasteiger partial charge on any atom is -0.487 e. The van der Waals surface area contributed by atoms with E-state index in [1.807, 2.05) is 13.8 Å². The van der Waals surface area contributed by atoms with Crippen LogP contribution in [0, 0.1) is 5.92 Å². The van der Waals surface area contributed by atoms with Crippen LogP contribution in [0.3, 0.4) is 0 Å². The molecule has 2 aromatic rings. The van der Waals surface area contributed by atoms with Crippen LogP contribution in [0.15, 0.2) is 15.3 Å². The minimum absolute atomic E-state index is 0.270. The van der Waals surface area contributed by atoms with E-state index in [0.29, 0.717) is 35.5 Å². The van der Waals surface area contributed by atoms with Crippen molar-refractivity contribution in [2.24, 2.45) is 5.92 Å². The SMILES string of the molecule is CC(C)[C@H](NC(=O)COc1cc2c(c3oc(=O)c4c(c13)CCCC4)CCC(C)(C)O2)C(=O)O. The molecule has 8 heteroatoms. The molecule has 178 valence electrons. The maximum absolute atomic E-state index is 12.7. The molecular formula is C25H31NO7. The zero-order valence-corrected chi connectivity index (χ0v) is 19.6. The second kappa shape index (κ2) is 8.72. The van der Waals surface area contributed by atoms with Crippen molar-refractivity contribution in [2.45, 2.75) is 77.9 Å². The van der Waals surface area contributed by atoms with Gasteiger partial charge in [-0.25, -0.2) is 9.59 Å². The van der Waals surface area contributed by atoms with Gasteiger partial charge in [-0.05, 0) is 63.9 Å². The molecule has 0 spiro atoms. The molecule has 2 aliphatic rings. The van der Waals surface area contributed by atoms with E-state index in [4.69, 9.17) is 13.9 Å². The highest BCUT2D eigenvalue weighted by Crippen LogP contribution is 2.44. The van der Waals surface area contributed by atoms with E-state index in [1.54, 1.807) is 19.9 Å². The summed E-state index contributed by atoms with van der Waals surface area (Å²) in [7, 11) is 0. The fourth-order valence-corrected chi connectivity index (χ4v) is 4.70. The fraction of sp³-hybridized carbons (Fsp3) is 0.560. The van der Waals surface area contributed by atoms with E-state index in [9.17, 15) is 19.5 Å². The highest BCUT2D eigenvalue weighted by molar-refractivity contribution is 5.93. The Labute approximate surface area is 192 Å². The summed E-state index contributed by atoms with van der Waals surface area (Å²) in [6.07, 6.45) is 4.76. The van der Waals surface area contributed by atoms with Gasteiger partial charge in [0.1, 0.15) is 28.7 Å². The predicted octanol–water partition coefficient (Wildman–Crippen LogP) is 3.38. The first-order chi connectivity index (χ1) is 15.6. The van der Waals surface area contributed by atoms with E-state index in [-0.39, 0.29) is 23.8 Å². The third kappa shape index (κ3) is 4.56. The second-order valence-electron chi connectivity index (χ2n) is 9.89. The highest BCUT2D eigenvalue weighted by atomic mass is 16.5. The van der Waals surface area contributed by atoms with Crippen molar-refractivity contribution >= 4 is 22.8 Å². The zero-order valence-electron chi connectivity index (χ0n) is 19.6. The molecule has 0 saturated heterocycles. The Morgan fingerprint density at radius 2 is 1.85 bits per heavy atom. The summed E-state index contributed by atoms with van der Waals surface area (Å²) in [5.74, 6) is -0.903. The van der Waals surface area contributed by atoms with Gasteiger partial charge in [0.25, 0.3) is 5.91 Å². The lowest BCUT2D eigenvalue weighted by molar-refractivity contribution is -0.143. The Morgan fingerprint density at radius 3 is 2.52 bits per heavy atom. The third-order valence-electron chi connectivity index (χ3n) is 6.49. The number of aliphatic carboxylic acids is 1. The maximum atomic E-state index is 12.7. The van der Waals surface area contributed by atoms with Gasteiger partial charge >= 0.3 is 11.6 Å².